The highest BCUT2D eigenvalue weighted by atomic mass is 79.9. The Kier molecular flexibility index (Phi) is 4.31. The van der Waals surface area contributed by atoms with Crippen molar-refractivity contribution >= 4 is 21.7 Å². The van der Waals surface area contributed by atoms with E-state index in [2.05, 4.69) is 20.7 Å². The highest BCUT2D eigenvalue weighted by Crippen LogP contribution is 2.38. The SMILES string of the molecule is CC(=O)c1cc(Br)c(OC(F)F)cc1C(F)(F)F. The van der Waals surface area contributed by atoms with Crippen LogP contribution in [-0.4, -0.2) is 12.4 Å². The maximum absolute atomic E-state index is 12.6. The van der Waals surface area contributed by atoms with Gasteiger partial charge in [-0.3, -0.25) is 4.79 Å². The van der Waals surface area contributed by atoms with Gasteiger partial charge < -0.3 is 4.74 Å². The number of carbonyl (C=O) groups excluding carboxylic acids is 1. The van der Waals surface area contributed by atoms with Gasteiger partial charge in [-0.05, 0) is 35.0 Å². The molecule has 100 valence electrons. The summed E-state index contributed by atoms with van der Waals surface area (Å²) < 4.78 is 65.7. The zero-order valence-corrected chi connectivity index (χ0v) is 10.4. The van der Waals surface area contributed by atoms with Crippen LogP contribution in [0.2, 0.25) is 0 Å². The van der Waals surface area contributed by atoms with Gasteiger partial charge in [0.05, 0.1) is 10.0 Å². The summed E-state index contributed by atoms with van der Waals surface area (Å²) in [6, 6.07) is 1.18. The van der Waals surface area contributed by atoms with Crippen molar-refractivity contribution in [3.05, 3.63) is 27.7 Å². The average Bonchev–Trinajstić information content (AvgIpc) is 2.17. The van der Waals surface area contributed by atoms with Gasteiger partial charge in [-0.2, -0.15) is 22.0 Å². The minimum atomic E-state index is -4.83. The molecule has 0 saturated heterocycles. The van der Waals surface area contributed by atoms with Crippen LogP contribution in [-0.2, 0) is 6.18 Å². The summed E-state index contributed by atoms with van der Waals surface area (Å²) in [6.45, 7) is -2.31. The van der Waals surface area contributed by atoms with Crippen LogP contribution in [0.3, 0.4) is 0 Å². The van der Waals surface area contributed by atoms with E-state index in [4.69, 9.17) is 0 Å². The molecule has 0 aliphatic heterocycles. The molecule has 0 saturated carbocycles. The fourth-order valence-electron chi connectivity index (χ4n) is 1.27. The largest absolute Gasteiger partial charge is 0.434 e. The molecule has 0 amide bonds. The van der Waals surface area contributed by atoms with E-state index in [0.29, 0.717) is 6.07 Å². The molecule has 0 radical (unpaired) electrons. The van der Waals surface area contributed by atoms with Crippen molar-refractivity contribution < 1.29 is 31.5 Å². The third kappa shape index (κ3) is 3.41. The van der Waals surface area contributed by atoms with E-state index in [0.717, 1.165) is 13.0 Å². The Balaban J connectivity index is 3.41. The summed E-state index contributed by atoms with van der Waals surface area (Å²) in [7, 11) is 0. The van der Waals surface area contributed by atoms with Gasteiger partial charge in [-0.15, -0.1) is 0 Å². The minimum absolute atomic E-state index is 0.152. The molecular weight excluding hydrogens is 327 g/mol. The van der Waals surface area contributed by atoms with Crippen LogP contribution >= 0.6 is 15.9 Å². The number of rotatable bonds is 3. The molecule has 18 heavy (non-hydrogen) atoms. The van der Waals surface area contributed by atoms with E-state index in [9.17, 15) is 26.7 Å². The molecule has 0 aliphatic carbocycles. The topological polar surface area (TPSA) is 26.3 Å². The van der Waals surface area contributed by atoms with Crippen molar-refractivity contribution in [2.24, 2.45) is 0 Å². The smallest absolute Gasteiger partial charge is 0.417 e. The van der Waals surface area contributed by atoms with Gasteiger partial charge >= 0.3 is 12.8 Å². The summed E-state index contributed by atoms with van der Waals surface area (Å²) in [5.74, 6) is -1.51. The molecule has 0 heterocycles. The summed E-state index contributed by atoms with van der Waals surface area (Å²) in [5, 5.41) is 0. The van der Waals surface area contributed by atoms with Crippen LogP contribution in [0.15, 0.2) is 16.6 Å². The Labute approximate surface area is 107 Å². The van der Waals surface area contributed by atoms with Gasteiger partial charge in [0.2, 0.25) is 0 Å². The van der Waals surface area contributed by atoms with E-state index in [-0.39, 0.29) is 4.47 Å². The van der Waals surface area contributed by atoms with Crippen LogP contribution < -0.4 is 4.74 Å². The van der Waals surface area contributed by atoms with E-state index in [1.54, 1.807) is 0 Å². The fraction of sp³-hybridized carbons (Fsp3) is 0.300. The van der Waals surface area contributed by atoms with Crippen LogP contribution in [0.1, 0.15) is 22.8 Å². The molecule has 0 bridgehead atoms. The number of alkyl halides is 5. The van der Waals surface area contributed by atoms with Crippen molar-refractivity contribution in [1.29, 1.82) is 0 Å². The molecule has 0 N–H and O–H groups in total. The zero-order valence-electron chi connectivity index (χ0n) is 8.82. The van der Waals surface area contributed by atoms with Crippen LogP contribution in [0, 0.1) is 0 Å². The van der Waals surface area contributed by atoms with E-state index in [1.165, 1.54) is 0 Å². The number of benzene rings is 1. The number of hydrogen-bond donors (Lipinski definition) is 0. The van der Waals surface area contributed by atoms with Gasteiger partial charge in [0.15, 0.2) is 5.78 Å². The average molecular weight is 333 g/mol. The van der Waals surface area contributed by atoms with Crippen LogP contribution in [0.4, 0.5) is 22.0 Å². The Morgan fingerprint density at radius 1 is 1.33 bits per heavy atom. The molecule has 0 unspecified atom stereocenters. The van der Waals surface area contributed by atoms with Gasteiger partial charge in [-0.1, -0.05) is 0 Å². The molecule has 2 nitrogen and oxygen atoms in total. The summed E-state index contributed by atoms with van der Waals surface area (Å²) >= 11 is 2.77. The third-order valence-corrected chi connectivity index (χ3v) is 2.59. The highest BCUT2D eigenvalue weighted by molar-refractivity contribution is 9.10. The minimum Gasteiger partial charge on any atom is -0.434 e. The molecule has 0 spiro atoms. The standard InChI is InChI=1S/C10H6BrF5O2/c1-4(17)5-2-7(11)8(18-9(12)13)3-6(5)10(14,15)16/h2-3,9H,1H3. The van der Waals surface area contributed by atoms with Gasteiger partial charge in [0.25, 0.3) is 0 Å². The Hall–Kier alpha value is -1.18. The van der Waals surface area contributed by atoms with Crippen molar-refractivity contribution in [3.8, 4) is 5.75 Å². The summed E-state index contributed by atoms with van der Waals surface area (Å²) in [4.78, 5) is 11.1. The third-order valence-electron chi connectivity index (χ3n) is 1.97. The van der Waals surface area contributed by atoms with Crippen molar-refractivity contribution in [2.45, 2.75) is 19.7 Å². The first-order chi connectivity index (χ1) is 8.12. The molecule has 0 fully saturated rings. The maximum atomic E-state index is 12.6. The van der Waals surface area contributed by atoms with Crippen LogP contribution in [0.5, 0.6) is 5.75 Å². The van der Waals surface area contributed by atoms with E-state index >= 15 is 0 Å². The Morgan fingerprint density at radius 3 is 2.28 bits per heavy atom. The lowest BCUT2D eigenvalue weighted by Crippen LogP contribution is -2.13. The molecule has 0 atom stereocenters. The molecule has 1 aromatic rings. The number of hydrogen-bond acceptors (Lipinski definition) is 2. The molecular formula is C10H6BrF5O2. The van der Waals surface area contributed by atoms with E-state index in [1.807, 2.05) is 0 Å². The second-order valence-electron chi connectivity index (χ2n) is 3.26. The monoisotopic (exact) mass is 332 g/mol. The molecule has 1 rings (SSSR count). The van der Waals surface area contributed by atoms with E-state index < -0.39 is 35.4 Å². The summed E-state index contributed by atoms with van der Waals surface area (Å²) in [6.07, 6.45) is -4.83. The van der Waals surface area contributed by atoms with Crippen molar-refractivity contribution in [1.82, 2.24) is 0 Å². The number of ether oxygens (including phenoxy) is 1. The van der Waals surface area contributed by atoms with Gasteiger partial charge in [-0.25, -0.2) is 0 Å². The summed E-state index contributed by atoms with van der Waals surface area (Å²) in [5.41, 5.74) is -1.93. The second-order valence-corrected chi connectivity index (χ2v) is 4.11. The van der Waals surface area contributed by atoms with Gasteiger partial charge in [0.1, 0.15) is 5.75 Å². The molecule has 0 aromatic heterocycles. The first-order valence-corrected chi connectivity index (χ1v) is 5.28. The molecule has 1 aromatic carbocycles. The molecule has 0 aliphatic rings. The quantitative estimate of drug-likeness (QED) is 0.610. The number of carbonyl (C=O) groups is 1. The van der Waals surface area contributed by atoms with Crippen LogP contribution in [0.25, 0.3) is 0 Å². The Morgan fingerprint density at radius 2 is 1.89 bits per heavy atom. The maximum Gasteiger partial charge on any atom is 0.417 e. The van der Waals surface area contributed by atoms with Crippen molar-refractivity contribution in [2.75, 3.05) is 0 Å². The first kappa shape index (κ1) is 14.9. The van der Waals surface area contributed by atoms with Gasteiger partial charge in [0, 0.05) is 5.56 Å². The lowest BCUT2D eigenvalue weighted by molar-refractivity contribution is -0.138. The number of halogens is 6. The number of Topliss-reactive ketones (excluding diaryl/α,β-unsaturated/α-hetero) is 1. The van der Waals surface area contributed by atoms with Crippen molar-refractivity contribution in [3.63, 3.8) is 0 Å². The molecule has 8 heteroatoms. The number of ketones is 1. The predicted octanol–water partition coefficient (Wildman–Crippen LogP) is 4.27. The Bertz CT molecular complexity index is 470. The lowest BCUT2D eigenvalue weighted by Gasteiger charge is -2.14. The first-order valence-electron chi connectivity index (χ1n) is 4.49. The lowest BCUT2D eigenvalue weighted by atomic mass is 10.0. The predicted molar refractivity (Wildman–Crippen MR) is 55.8 cm³/mol. The second kappa shape index (κ2) is 5.21. The fourth-order valence-corrected chi connectivity index (χ4v) is 1.70. The normalized spacial score (nSPS) is 11.8. The zero-order chi connectivity index (χ0) is 14.1. The highest BCUT2D eigenvalue weighted by Gasteiger charge is 2.35.